The molecule has 1 N–H and O–H groups in total. The van der Waals surface area contributed by atoms with Gasteiger partial charge in [0.15, 0.2) is 5.60 Å². The fraction of sp³-hybridized carbons (Fsp3) is 0.229. The zero-order valence-electron chi connectivity index (χ0n) is 23.9. The third-order valence-corrected chi connectivity index (χ3v) is 8.46. The van der Waals surface area contributed by atoms with Gasteiger partial charge in [0.05, 0.1) is 18.3 Å². The Balaban J connectivity index is 1.36. The molecular weight excluding hydrogens is 542 g/mol. The van der Waals surface area contributed by atoms with Crippen molar-refractivity contribution in [1.29, 1.82) is 0 Å². The largest absolute Gasteiger partial charge is 0.396 e. The quantitative estimate of drug-likeness (QED) is 0.241. The van der Waals surface area contributed by atoms with Gasteiger partial charge in [-0.15, -0.1) is 0 Å². The van der Waals surface area contributed by atoms with Crippen LogP contribution in [-0.4, -0.2) is 36.5 Å². The van der Waals surface area contributed by atoms with Crippen LogP contribution in [0.4, 0.5) is 28.4 Å². The zero-order chi connectivity index (χ0) is 30.0. The van der Waals surface area contributed by atoms with E-state index in [4.69, 9.17) is 4.74 Å². The summed E-state index contributed by atoms with van der Waals surface area (Å²) in [6.45, 7) is 2.28. The van der Waals surface area contributed by atoms with Crippen LogP contribution in [0.15, 0.2) is 103 Å². The third kappa shape index (κ3) is 4.98. The molecule has 0 bridgehead atoms. The monoisotopic (exact) mass is 575 g/mol. The van der Waals surface area contributed by atoms with Gasteiger partial charge >= 0.3 is 0 Å². The number of anilines is 5. The molecule has 0 aliphatic carbocycles. The molecule has 4 aromatic carbocycles. The number of carbonyl (C=O) groups is 3. The summed E-state index contributed by atoms with van der Waals surface area (Å²) in [5, 5.41) is 9.63. The average Bonchev–Trinajstić information content (AvgIpc) is 3.49. The SMILES string of the molecule is C[C@@H]1C[C@H](CCO)O[C@@]12C(=O)N(Cc1ccc(N(C=O)c3ccccc3)cc1)c1ccc(N(C=O)c3ccccc3)cc12. The zero-order valence-corrected chi connectivity index (χ0v) is 23.9. The van der Waals surface area contributed by atoms with Crippen molar-refractivity contribution in [3.05, 3.63) is 114 Å². The van der Waals surface area contributed by atoms with Crippen molar-refractivity contribution in [3.8, 4) is 0 Å². The summed E-state index contributed by atoms with van der Waals surface area (Å²) in [7, 11) is 0. The van der Waals surface area contributed by atoms with Crippen LogP contribution in [0.1, 0.15) is 30.9 Å². The number of carbonyl (C=O) groups excluding carboxylic acids is 3. The van der Waals surface area contributed by atoms with Gasteiger partial charge in [0.1, 0.15) is 0 Å². The Kier molecular flexibility index (Phi) is 7.80. The molecule has 218 valence electrons. The number of rotatable bonds is 10. The minimum absolute atomic E-state index is 0.0294. The van der Waals surface area contributed by atoms with E-state index in [0.29, 0.717) is 36.4 Å². The average molecular weight is 576 g/mol. The van der Waals surface area contributed by atoms with Crippen LogP contribution < -0.4 is 14.7 Å². The van der Waals surface area contributed by atoms with Gasteiger partial charge in [0.25, 0.3) is 5.91 Å². The van der Waals surface area contributed by atoms with Crippen LogP contribution in [-0.2, 0) is 31.3 Å². The van der Waals surface area contributed by atoms with Crippen molar-refractivity contribution < 1.29 is 24.2 Å². The molecule has 1 spiro atoms. The van der Waals surface area contributed by atoms with Gasteiger partial charge in [-0.2, -0.15) is 0 Å². The highest BCUT2D eigenvalue weighted by molar-refractivity contribution is 6.08. The molecule has 3 amide bonds. The number of hydrogen-bond acceptors (Lipinski definition) is 5. The smallest absolute Gasteiger partial charge is 0.264 e. The van der Waals surface area contributed by atoms with E-state index >= 15 is 0 Å². The van der Waals surface area contributed by atoms with Crippen LogP contribution in [0.5, 0.6) is 0 Å². The molecular formula is C35H33N3O5. The molecule has 1 saturated heterocycles. The van der Waals surface area contributed by atoms with Crippen molar-refractivity contribution in [2.45, 2.75) is 38.0 Å². The highest BCUT2D eigenvalue weighted by Crippen LogP contribution is 2.54. The Hall–Kier alpha value is -4.79. The van der Waals surface area contributed by atoms with Crippen molar-refractivity contribution in [2.24, 2.45) is 5.92 Å². The second-order valence-corrected chi connectivity index (χ2v) is 11.0. The van der Waals surface area contributed by atoms with Crippen molar-refractivity contribution in [3.63, 3.8) is 0 Å². The molecule has 2 aliphatic heterocycles. The highest BCUT2D eigenvalue weighted by Gasteiger charge is 2.60. The van der Waals surface area contributed by atoms with Crippen LogP contribution in [0.25, 0.3) is 0 Å². The number of hydrogen-bond donors (Lipinski definition) is 1. The lowest BCUT2D eigenvalue weighted by Crippen LogP contribution is -2.43. The van der Waals surface area contributed by atoms with E-state index in [1.54, 1.807) is 14.7 Å². The molecule has 3 atom stereocenters. The van der Waals surface area contributed by atoms with E-state index in [9.17, 15) is 19.5 Å². The Labute approximate surface area is 250 Å². The van der Waals surface area contributed by atoms with Gasteiger partial charge in [-0.3, -0.25) is 24.2 Å². The lowest BCUT2D eigenvalue weighted by molar-refractivity contribution is -0.146. The summed E-state index contributed by atoms with van der Waals surface area (Å²) < 4.78 is 6.55. The lowest BCUT2D eigenvalue weighted by atomic mass is 9.82. The number of ether oxygens (including phenoxy) is 1. The number of aliphatic hydroxyl groups excluding tert-OH is 1. The van der Waals surface area contributed by atoms with Gasteiger partial charge < -0.3 is 14.7 Å². The maximum atomic E-state index is 14.4. The van der Waals surface area contributed by atoms with E-state index in [1.165, 1.54) is 0 Å². The van der Waals surface area contributed by atoms with Gasteiger partial charge in [0.2, 0.25) is 12.8 Å². The summed E-state index contributed by atoms with van der Waals surface area (Å²) in [5.41, 5.74) is 3.94. The van der Waals surface area contributed by atoms with Gasteiger partial charge in [-0.25, -0.2) is 0 Å². The first-order valence-corrected chi connectivity index (χ1v) is 14.4. The summed E-state index contributed by atoms with van der Waals surface area (Å²) in [4.78, 5) is 43.4. The van der Waals surface area contributed by atoms with Crippen LogP contribution >= 0.6 is 0 Å². The Morgan fingerprint density at radius 1 is 0.837 bits per heavy atom. The first kappa shape index (κ1) is 28.3. The van der Waals surface area contributed by atoms with E-state index in [0.717, 1.165) is 35.3 Å². The molecule has 2 heterocycles. The number of fused-ring (bicyclic) bond motifs is 2. The molecule has 4 aromatic rings. The van der Waals surface area contributed by atoms with Gasteiger partial charge in [-0.1, -0.05) is 55.5 Å². The first-order valence-electron chi connectivity index (χ1n) is 14.4. The topological polar surface area (TPSA) is 90.4 Å². The lowest BCUT2D eigenvalue weighted by Gasteiger charge is -2.29. The van der Waals surface area contributed by atoms with Crippen molar-refractivity contribution >= 4 is 47.2 Å². The Bertz CT molecular complexity index is 1610. The molecule has 1 fully saturated rings. The highest BCUT2D eigenvalue weighted by atomic mass is 16.5. The molecule has 0 saturated carbocycles. The molecule has 0 aromatic heterocycles. The predicted octanol–water partition coefficient (Wildman–Crippen LogP) is 5.83. The van der Waals surface area contributed by atoms with E-state index < -0.39 is 5.60 Å². The molecule has 6 rings (SSSR count). The molecule has 8 heteroatoms. The number of benzene rings is 4. The Morgan fingerprint density at radius 3 is 1.98 bits per heavy atom. The van der Waals surface area contributed by atoms with Gasteiger partial charge in [-0.05, 0) is 73.0 Å². The van der Waals surface area contributed by atoms with E-state index in [-0.39, 0.29) is 24.5 Å². The standard InChI is InChI=1S/C35H33N3O5/c1-25-20-31(18-19-39)43-35(25)32-21-30(38(24-41)28-10-6-3-7-11-28)16-17-33(32)36(34(35)42)22-26-12-14-29(15-13-26)37(23-40)27-8-4-2-5-9-27/h2-17,21,23-25,31,39H,18-20,22H2,1H3/t25-,31+,35+/m1/s1. The maximum absolute atomic E-state index is 14.4. The van der Waals surface area contributed by atoms with Crippen molar-refractivity contribution in [2.75, 3.05) is 21.3 Å². The number of aliphatic hydroxyl groups is 1. The maximum Gasteiger partial charge on any atom is 0.264 e. The molecule has 0 radical (unpaired) electrons. The summed E-state index contributed by atoms with van der Waals surface area (Å²) in [5.74, 6) is -0.306. The van der Waals surface area contributed by atoms with Gasteiger partial charge in [0, 0.05) is 40.8 Å². The minimum Gasteiger partial charge on any atom is -0.396 e. The molecule has 8 nitrogen and oxygen atoms in total. The second kappa shape index (κ2) is 11.8. The first-order chi connectivity index (χ1) is 21.0. The predicted molar refractivity (Wildman–Crippen MR) is 165 cm³/mol. The minimum atomic E-state index is -1.22. The summed E-state index contributed by atoms with van der Waals surface area (Å²) in [6.07, 6.45) is 2.37. The number of para-hydroxylation sites is 2. The second-order valence-electron chi connectivity index (χ2n) is 11.0. The summed E-state index contributed by atoms with van der Waals surface area (Å²) >= 11 is 0. The molecule has 0 unspecified atom stereocenters. The molecule has 43 heavy (non-hydrogen) atoms. The van der Waals surface area contributed by atoms with Crippen LogP contribution in [0.3, 0.4) is 0 Å². The van der Waals surface area contributed by atoms with Crippen LogP contribution in [0, 0.1) is 5.92 Å². The number of amides is 3. The fourth-order valence-corrected chi connectivity index (χ4v) is 6.35. The molecule has 2 aliphatic rings. The van der Waals surface area contributed by atoms with E-state index in [2.05, 4.69) is 0 Å². The van der Waals surface area contributed by atoms with Crippen LogP contribution in [0.2, 0.25) is 0 Å². The third-order valence-electron chi connectivity index (χ3n) is 8.46. The number of nitrogens with zero attached hydrogens (tertiary/aromatic N) is 3. The Morgan fingerprint density at radius 2 is 1.40 bits per heavy atom. The van der Waals surface area contributed by atoms with Crippen molar-refractivity contribution in [1.82, 2.24) is 0 Å². The fourth-order valence-electron chi connectivity index (χ4n) is 6.35. The summed E-state index contributed by atoms with van der Waals surface area (Å²) in [6, 6.07) is 31.9. The van der Waals surface area contributed by atoms with E-state index in [1.807, 2.05) is 110 Å². The normalized spacial score (nSPS) is 20.7.